The summed E-state index contributed by atoms with van der Waals surface area (Å²) >= 11 is 6.18. The molecule has 1 atom stereocenters. The van der Waals surface area contributed by atoms with Crippen LogP contribution in [0.25, 0.3) is 0 Å². The number of benzene rings is 1. The third kappa shape index (κ3) is 4.08. The molecule has 1 unspecified atom stereocenters. The quantitative estimate of drug-likeness (QED) is 0.823. The van der Waals surface area contributed by atoms with E-state index in [9.17, 15) is 9.59 Å². The van der Waals surface area contributed by atoms with Gasteiger partial charge in [0.05, 0.1) is 22.2 Å². The molecule has 2 fully saturated rings. The Hall–Kier alpha value is -1.34. The Kier molecular flexibility index (Phi) is 6.68. The fourth-order valence-corrected chi connectivity index (χ4v) is 3.57. The number of nitrogens with zero attached hydrogens (tertiary/aromatic N) is 1. The van der Waals surface area contributed by atoms with Crippen molar-refractivity contribution in [2.75, 3.05) is 31.2 Å². The van der Waals surface area contributed by atoms with Crippen LogP contribution in [0.5, 0.6) is 0 Å². The van der Waals surface area contributed by atoms with Crippen LogP contribution in [0, 0.1) is 5.41 Å². The maximum atomic E-state index is 12.7. The second-order valence-corrected chi connectivity index (χ2v) is 6.83. The lowest BCUT2D eigenvalue weighted by Crippen LogP contribution is -2.52. The van der Waals surface area contributed by atoms with Gasteiger partial charge in [0, 0.05) is 32.7 Å². The molecule has 8 heteroatoms. The molecule has 138 valence electrons. The number of amides is 2. The highest BCUT2D eigenvalue weighted by atomic mass is 35.5. The number of anilines is 1. The monoisotopic (exact) mass is 387 g/mol. The largest absolute Gasteiger partial charge is 0.381 e. The van der Waals surface area contributed by atoms with Crippen molar-refractivity contribution in [2.24, 2.45) is 11.1 Å². The number of hydrogen-bond acceptors (Lipinski definition) is 4. The maximum absolute atomic E-state index is 12.7. The number of nitrogens with one attached hydrogen (secondary N) is 1. The molecule has 2 saturated heterocycles. The van der Waals surface area contributed by atoms with Crippen molar-refractivity contribution in [1.82, 2.24) is 5.32 Å². The Morgan fingerprint density at radius 3 is 2.68 bits per heavy atom. The van der Waals surface area contributed by atoms with Gasteiger partial charge in [0.1, 0.15) is 0 Å². The summed E-state index contributed by atoms with van der Waals surface area (Å²) in [7, 11) is 0. The number of carbonyl (C=O) groups is 2. The molecule has 6 nitrogen and oxygen atoms in total. The molecule has 2 heterocycles. The molecule has 3 rings (SSSR count). The SMILES string of the molecule is Cl.NCC1(C(=O)NC2CC(=O)N(c3ccccc3Cl)C2)CCOCC1. The van der Waals surface area contributed by atoms with Crippen LogP contribution in [0.4, 0.5) is 5.69 Å². The number of rotatable bonds is 4. The Bertz CT molecular complexity index is 635. The topological polar surface area (TPSA) is 84.7 Å². The van der Waals surface area contributed by atoms with Gasteiger partial charge in [-0.15, -0.1) is 12.4 Å². The van der Waals surface area contributed by atoms with Gasteiger partial charge < -0.3 is 20.7 Å². The van der Waals surface area contributed by atoms with Crippen LogP contribution >= 0.6 is 24.0 Å². The van der Waals surface area contributed by atoms with Gasteiger partial charge in [-0.2, -0.15) is 0 Å². The van der Waals surface area contributed by atoms with Gasteiger partial charge in [0.25, 0.3) is 0 Å². The van der Waals surface area contributed by atoms with Crippen molar-refractivity contribution in [3.05, 3.63) is 29.3 Å². The molecule has 0 aromatic heterocycles. The van der Waals surface area contributed by atoms with E-state index in [0.717, 1.165) is 0 Å². The Morgan fingerprint density at radius 1 is 1.36 bits per heavy atom. The highest BCUT2D eigenvalue weighted by Crippen LogP contribution is 2.32. The van der Waals surface area contributed by atoms with Crippen molar-refractivity contribution in [3.63, 3.8) is 0 Å². The molecular weight excluding hydrogens is 365 g/mol. The summed E-state index contributed by atoms with van der Waals surface area (Å²) in [6, 6.07) is 6.99. The first kappa shape index (κ1) is 20.0. The zero-order valence-corrected chi connectivity index (χ0v) is 15.4. The molecule has 2 aliphatic heterocycles. The number of para-hydroxylation sites is 1. The molecular formula is C17H23Cl2N3O3. The van der Waals surface area contributed by atoms with Crippen LogP contribution < -0.4 is 16.0 Å². The number of ether oxygens (including phenoxy) is 1. The second-order valence-electron chi connectivity index (χ2n) is 6.43. The summed E-state index contributed by atoms with van der Waals surface area (Å²) in [5.74, 6) is -0.116. The third-order valence-electron chi connectivity index (χ3n) is 4.93. The van der Waals surface area contributed by atoms with Gasteiger partial charge in [-0.25, -0.2) is 0 Å². The van der Waals surface area contributed by atoms with E-state index in [0.29, 0.717) is 43.3 Å². The average Bonchev–Trinajstić information content (AvgIpc) is 2.96. The standard InChI is InChI=1S/C17H22ClN3O3.ClH/c18-13-3-1-2-4-14(13)21-10-12(9-15(21)22)20-16(23)17(11-19)5-7-24-8-6-17;/h1-4,12H,5-11,19H2,(H,20,23);1H. The molecule has 0 radical (unpaired) electrons. The highest BCUT2D eigenvalue weighted by Gasteiger charge is 2.41. The second kappa shape index (κ2) is 8.36. The summed E-state index contributed by atoms with van der Waals surface area (Å²) in [5, 5.41) is 3.54. The Morgan fingerprint density at radius 2 is 2.04 bits per heavy atom. The van der Waals surface area contributed by atoms with Crippen LogP contribution in [0.2, 0.25) is 5.02 Å². The number of carbonyl (C=O) groups excluding carboxylic acids is 2. The molecule has 1 aromatic carbocycles. The molecule has 1 aromatic rings. The highest BCUT2D eigenvalue weighted by molar-refractivity contribution is 6.33. The molecule has 25 heavy (non-hydrogen) atoms. The fourth-order valence-electron chi connectivity index (χ4n) is 3.33. The lowest BCUT2D eigenvalue weighted by atomic mass is 9.79. The van der Waals surface area contributed by atoms with Crippen molar-refractivity contribution in [1.29, 1.82) is 0 Å². The van der Waals surface area contributed by atoms with Crippen LogP contribution in [0.1, 0.15) is 19.3 Å². The van der Waals surface area contributed by atoms with Gasteiger partial charge >= 0.3 is 0 Å². The molecule has 0 spiro atoms. The van der Waals surface area contributed by atoms with Crippen molar-refractivity contribution < 1.29 is 14.3 Å². The molecule has 3 N–H and O–H groups in total. The van der Waals surface area contributed by atoms with E-state index in [4.69, 9.17) is 22.1 Å². The predicted octanol–water partition coefficient (Wildman–Crippen LogP) is 1.74. The van der Waals surface area contributed by atoms with E-state index in [2.05, 4.69) is 5.32 Å². The van der Waals surface area contributed by atoms with Gasteiger partial charge in [-0.1, -0.05) is 23.7 Å². The molecule has 0 aliphatic carbocycles. The number of halogens is 2. The van der Waals surface area contributed by atoms with Crippen molar-refractivity contribution >= 4 is 41.5 Å². The van der Waals surface area contributed by atoms with E-state index in [1.807, 2.05) is 18.2 Å². The molecule has 0 saturated carbocycles. The first-order valence-corrected chi connectivity index (χ1v) is 8.57. The Balaban J connectivity index is 0.00000225. The van der Waals surface area contributed by atoms with Gasteiger partial charge in [0.15, 0.2) is 0 Å². The van der Waals surface area contributed by atoms with Crippen molar-refractivity contribution in [2.45, 2.75) is 25.3 Å². The van der Waals surface area contributed by atoms with Crippen LogP contribution in [0.15, 0.2) is 24.3 Å². The lowest BCUT2D eigenvalue weighted by Gasteiger charge is -2.35. The maximum Gasteiger partial charge on any atom is 0.229 e. The minimum absolute atomic E-state index is 0. The minimum atomic E-state index is -0.584. The summed E-state index contributed by atoms with van der Waals surface area (Å²) in [6.45, 7) is 1.79. The molecule has 0 bridgehead atoms. The zero-order chi connectivity index (χ0) is 17.2. The summed E-state index contributed by atoms with van der Waals surface area (Å²) in [6.07, 6.45) is 1.50. The third-order valence-corrected chi connectivity index (χ3v) is 5.25. The van der Waals surface area contributed by atoms with E-state index < -0.39 is 5.41 Å². The van der Waals surface area contributed by atoms with Gasteiger partial charge in [-0.05, 0) is 25.0 Å². The van der Waals surface area contributed by atoms with Crippen LogP contribution in [-0.2, 0) is 14.3 Å². The number of nitrogens with two attached hydrogens (primary N) is 1. The first-order chi connectivity index (χ1) is 11.6. The summed E-state index contributed by atoms with van der Waals surface area (Å²) in [5.41, 5.74) is 5.96. The molecule has 2 amide bonds. The zero-order valence-electron chi connectivity index (χ0n) is 13.9. The predicted molar refractivity (Wildman–Crippen MR) is 99.1 cm³/mol. The van der Waals surface area contributed by atoms with Gasteiger partial charge in [-0.3, -0.25) is 9.59 Å². The normalized spacial score (nSPS) is 22.4. The minimum Gasteiger partial charge on any atom is -0.381 e. The van der Waals surface area contributed by atoms with E-state index >= 15 is 0 Å². The van der Waals surface area contributed by atoms with Crippen molar-refractivity contribution in [3.8, 4) is 0 Å². The Labute approximate surface area is 158 Å². The first-order valence-electron chi connectivity index (χ1n) is 8.19. The average molecular weight is 388 g/mol. The number of hydrogen-bond donors (Lipinski definition) is 2. The fraction of sp³-hybridized carbons (Fsp3) is 0.529. The van der Waals surface area contributed by atoms with Crippen LogP contribution in [-0.4, -0.2) is 44.2 Å². The summed E-state index contributed by atoms with van der Waals surface area (Å²) in [4.78, 5) is 26.7. The summed E-state index contributed by atoms with van der Waals surface area (Å²) < 4.78 is 5.34. The molecule has 2 aliphatic rings. The van der Waals surface area contributed by atoms with E-state index in [1.165, 1.54) is 0 Å². The van der Waals surface area contributed by atoms with Crippen LogP contribution in [0.3, 0.4) is 0 Å². The van der Waals surface area contributed by atoms with E-state index in [-0.39, 0.29) is 43.2 Å². The lowest BCUT2D eigenvalue weighted by molar-refractivity contribution is -0.136. The smallest absolute Gasteiger partial charge is 0.229 e. The van der Waals surface area contributed by atoms with Gasteiger partial charge in [0.2, 0.25) is 11.8 Å². The van der Waals surface area contributed by atoms with E-state index in [1.54, 1.807) is 11.0 Å².